The molecule has 3 rings (SSSR count). The summed E-state index contributed by atoms with van der Waals surface area (Å²) in [5.74, 6) is -4.83. The van der Waals surface area contributed by atoms with E-state index in [1.54, 1.807) is 32.2 Å². The van der Waals surface area contributed by atoms with E-state index in [1.807, 2.05) is 24.3 Å². The Balaban J connectivity index is 1.85. The molecule has 5 unspecified atom stereocenters. The van der Waals surface area contributed by atoms with Crippen LogP contribution in [0, 0.1) is 5.92 Å². The summed E-state index contributed by atoms with van der Waals surface area (Å²) < 4.78 is 0. The number of primary amides is 1. The van der Waals surface area contributed by atoms with Crippen LogP contribution in [0.15, 0.2) is 54.7 Å². The number of fused-ring (bicyclic) bond motifs is 1. The molecule has 0 saturated heterocycles. The van der Waals surface area contributed by atoms with Gasteiger partial charge in [-0.2, -0.15) is 0 Å². The van der Waals surface area contributed by atoms with Gasteiger partial charge in [-0.25, -0.2) is 4.79 Å². The zero-order valence-corrected chi connectivity index (χ0v) is 24.0. The quantitative estimate of drug-likeness (QED) is 0.123. The van der Waals surface area contributed by atoms with Gasteiger partial charge in [-0.05, 0) is 41.7 Å². The fraction of sp³-hybridized carbons (Fsp3) is 0.367. The van der Waals surface area contributed by atoms with Gasteiger partial charge in [-0.1, -0.05) is 50.6 Å². The largest absolute Gasteiger partial charge is 0.508 e. The van der Waals surface area contributed by atoms with Gasteiger partial charge in [0.1, 0.15) is 23.9 Å². The van der Waals surface area contributed by atoms with Crippen molar-refractivity contribution in [2.45, 2.75) is 63.7 Å². The molecule has 0 radical (unpaired) electrons. The number of nitrogens with two attached hydrogens (primary N) is 2. The maximum absolute atomic E-state index is 13.7. The minimum absolute atomic E-state index is 0.0573. The molecule has 0 bridgehead atoms. The van der Waals surface area contributed by atoms with E-state index in [1.165, 1.54) is 12.1 Å². The molecule has 0 saturated carbocycles. The lowest BCUT2D eigenvalue weighted by Gasteiger charge is -2.28. The van der Waals surface area contributed by atoms with Gasteiger partial charge in [-0.15, -0.1) is 0 Å². The Hall–Kier alpha value is -4.91. The minimum Gasteiger partial charge on any atom is -0.508 e. The number of nitrogens with one attached hydrogen (secondary N) is 4. The van der Waals surface area contributed by atoms with Gasteiger partial charge in [0.2, 0.25) is 23.6 Å². The molecule has 3 aromatic rings. The van der Waals surface area contributed by atoms with E-state index < -0.39 is 66.1 Å². The van der Waals surface area contributed by atoms with Crippen LogP contribution in [0.3, 0.4) is 0 Å². The van der Waals surface area contributed by atoms with Crippen LogP contribution in [0.2, 0.25) is 0 Å². The van der Waals surface area contributed by atoms with Crippen LogP contribution in [-0.4, -0.2) is 69.0 Å². The molecule has 230 valence electrons. The van der Waals surface area contributed by atoms with Gasteiger partial charge < -0.3 is 42.6 Å². The Bertz CT molecular complexity index is 1450. The van der Waals surface area contributed by atoms with Crippen molar-refractivity contribution in [3.05, 3.63) is 65.9 Å². The van der Waals surface area contributed by atoms with Crippen molar-refractivity contribution in [2.75, 3.05) is 0 Å². The maximum Gasteiger partial charge on any atom is 0.326 e. The molecule has 0 aliphatic heterocycles. The zero-order chi connectivity index (χ0) is 31.7. The number of carbonyl (C=O) groups excluding carboxylic acids is 4. The first kappa shape index (κ1) is 32.6. The molecule has 4 amide bonds. The van der Waals surface area contributed by atoms with Crippen LogP contribution in [0.1, 0.15) is 37.8 Å². The summed E-state index contributed by atoms with van der Waals surface area (Å²) in [4.78, 5) is 66.1. The van der Waals surface area contributed by atoms with Gasteiger partial charge in [0, 0.05) is 23.5 Å². The summed E-state index contributed by atoms with van der Waals surface area (Å²) in [6.45, 7) is 3.50. The number of benzene rings is 2. The van der Waals surface area contributed by atoms with Crippen LogP contribution < -0.4 is 27.4 Å². The Morgan fingerprint density at radius 2 is 1.53 bits per heavy atom. The summed E-state index contributed by atoms with van der Waals surface area (Å²) in [5, 5.41) is 27.5. The molecule has 5 atom stereocenters. The van der Waals surface area contributed by atoms with Crippen molar-refractivity contribution in [2.24, 2.45) is 17.4 Å². The number of aromatic nitrogens is 1. The molecular formula is C30H38N6O7. The highest BCUT2D eigenvalue weighted by molar-refractivity contribution is 5.95. The van der Waals surface area contributed by atoms with Crippen LogP contribution >= 0.6 is 0 Å². The molecule has 43 heavy (non-hydrogen) atoms. The Morgan fingerprint density at radius 3 is 2.16 bits per heavy atom. The monoisotopic (exact) mass is 594 g/mol. The molecule has 1 heterocycles. The molecule has 0 aliphatic carbocycles. The topological polar surface area (TPSA) is 230 Å². The minimum atomic E-state index is -1.58. The molecule has 0 fully saturated rings. The number of aromatic hydroxyl groups is 1. The molecule has 13 heteroatoms. The number of phenolic OH excluding ortho intramolecular Hbond substituents is 1. The highest BCUT2D eigenvalue weighted by atomic mass is 16.4. The van der Waals surface area contributed by atoms with E-state index in [0.717, 1.165) is 16.5 Å². The van der Waals surface area contributed by atoms with Gasteiger partial charge >= 0.3 is 5.97 Å². The average Bonchev–Trinajstić information content (AvgIpc) is 3.38. The second-order valence-electron chi connectivity index (χ2n) is 10.5. The predicted octanol–water partition coefficient (Wildman–Crippen LogP) is 0.447. The van der Waals surface area contributed by atoms with E-state index >= 15 is 0 Å². The van der Waals surface area contributed by atoms with Crippen molar-refractivity contribution >= 4 is 40.5 Å². The van der Waals surface area contributed by atoms with Gasteiger partial charge in [0.25, 0.3) is 0 Å². The van der Waals surface area contributed by atoms with Crippen molar-refractivity contribution in [1.29, 1.82) is 0 Å². The smallest absolute Gasteiger partial charge is 0.326 e. The third-order valence-electron chi connectivity index (χ3n) is 7.27. The Labute approximate surface area is 248 Å². The molecule has 2 aromatic carbocycles. The number of carboxylic acid groups (broad SMARTS) is 1. The highest BCUT2D eigenvalue weighted by Gasteiger charge is 2.33. The standard InChI is InChI=1S/C30H38N6O7/c1-3-16(2)26(29(41)35-24(30(42)43)14-25(32)38)36-28(40)23(13-18-15-33-22-7-5-4-6-20(18)22)34-27(39)21(31)12-17-8-10-19(37)11-9-17/h4-11,15-16,21,23-24,26,33,37H,3,12-14,31H2,1-2H3,(H2,32,38)(H,34,39)(H,35,41)(H,36,40)(H,42,43). The number of carboxylic acids is 1. The lowest BCUT2D eigenvalue weighted by molar-refractivity contribution is -0.144. The summed E-state index contributed by atoms with van der Waals surface area (Å²) in [5.41, 5.74) is 13.6. The van der Waals surface area contributed by atoms with Crippen molar-refractivity contribution in [1.82, 2.24) is 20.9 Å². The first-order valence-corrected chi connectivity index (χ1v) is 13.9. The number of amides is 4. The number of hydrogen-bond donors (Lipinski definition) is 8. The van der Waals surface area contributed by atoms with E-state index in [9.17, 15) is 34.2 Å². The second kappa shape index (κ2) is 14.8. The number of rotatable bonds is 15. The summed E-state index contributed by atoms with van der Waals surface area (Å²) >= 11 is 0. The number of aliphatic carboxylic acids is 1. The Morgan fingerprint density at radius 1 is 0.884 bits per heavy atom. The third-order valence-corrected chi connectivity index (χ3v) is 7.27. The molecule has 0 spiro atoms. The van der Waals surface area contributed by atoms with Crippen molar-refractivity contribution in [3.63, 3.8) is 0 Å². The van der Waals surface area contributed by atoms with Crippen molar-refractivity contribution in [3.8, 4) is 5.75 Å². The molecule has 13 nitrogen and oxygen atoms in total. The summed E-state index contributed by atoms with van der Waals surface area (Å²) in [6.07, 6.45) is 1.75. The van der Waals surface area contributed by atoms with Crippen LogP contribution in [0.4, 0.5) is 0 Å². The van der Waals surface area contributed by atoms with E-state index in [4.69, 9.17) is 11.5 Å². The second-order valence-corrected chi connectivity index (χ2v) is 10.5. The fourth-order valence-electron chi connectivity index (χ4n) is 4.61. The lowest BCUT2D eigenvalue weighted by atomic mass is 9.96. The summed E-state index contributed by atoms with van der Waals surface area (Å²) in [7, 11) is 0. The predicted molar refractivity (Wildman–Crippen MR) is 158 cm³/mol. The Kier molecular flexibility index (Phi) is 11.2. The highest BCUT2D eigenvalue weighted by Crippen LogP contribution is 2.20. The first-order valence-electron chi connectivity index (χ1n) is 13.9. The number of H-pyrrole nitrogens is 1. The van der Waals surface area contributed by atoms with Gasteiger partial charge in [-0.3, -0.25) is 19.2 Å². The van der Waals surface area contributed by atoms with Crippen LogP contribution in [0.5, 0.6) is 5.75 Å². The SMILES string of the molecule is CCC(C)C(NC(=O)C(Cc1c[nH]c2ccccc12)NC(=O)C(N)Cc1ccc(O)cc1)C(=O)NC(CC(N)=O)C(=O)O. The van der Waals surface area contributed by atoms with E-state index in [0.29, 0.717) is 12.0 Å². The fourth-order valence-corrected chi connectivity index (χ4v) is 4.61. The van der Waals surface area contributed by atoms with Crippen LogP contribution in [0.25, 0.3) is 10.9 Å². The van der Waals surface area contributed by atoms with E-state index in [-0.39, 0.29) is 18.6 Å². The van der Waals surface area contributed by atoms with Crippen molar-refractivity contribution < 1.29 is 34.2 Å². The van der Waals surface area contributed by atoms with Gasteiger partial charge in [0.15, 0.2) is 0 Å². The lowest BCUT2D eigenvalue weighted by Crippen LogP contribution is -2.59. The number of para-hydroxylation sites is 1. The van der Waals surface area contributed by atoms with Crippen LogP contribution in [-0.2, 0) is 36.8 Å². The third kappa shape index (κ3) is 9.04. The molecule has 10 N–H and O–H groups in total. The molecular weight excluding hydrogens is 556 g/mol. The summed E-state index contributed by atoms with van der Waals surface area (Å²) in [6, 6.07) is 8.73. The molecule has 1 aromatic heterocycles. The normalized spacial score (nSPS) is 14.6. The number of phenols is 1. The first-order chi connectivity index (χ1) is 20.4. The number of carbonyl (C=O) groups is 5. The number of hydrogen-bond acceptors (Lipinski definition) is 7. The zero-order valence-electron chi connectivity index (χ0n) is 24.0. The molecule has 0 aliphatic rings. The number of aromatic amines is 1. The van der Waals surface area contributed by atoms with Gasteiger partial charge in [0.05, 0.1) is 12.5 Å². The average molecular weight is 595 g/mol. The maximum atomic E-state index is 13.7. The van der Waals surface area contributed by atoms with E-state index in [2.05, 4.69) is 20.9 Å².